The summed E-state index contributed by atoms with van der Waals surface area (Å²) >= 11 is 5.81. The highest BCUT2D eigenvalue weighted by atomic mass is 35.5. The van der Waals surface area contributed by atoms with Crippen molar-refractivity contribution in [3.63, 3.8) is 0 Å². The molecule has 1 fully saturated rings. The van der Waals surface area contributed by atoms with Crippen LogP contribution in [0.3, 0.4) is 0 Å². The van der Waals surface area contributed by atoms with Gasteiger partial charge in [-0.15, -0.1) is 0 Å². The standard InChI is InChI=1S/C12H15BClF2NO3/c1-11(2)12(3,4)20-13(19-11)7-5-9(14)17-6-8(7)18-10(15)16/h5-6,10H,1-4H3. The fourth-order valence-electron chi connectivity index (χ4n) is 1.78. The average molecular weight is 306 g/mol. The number of pyridine rings is 1. The summed E-state index contributed by atoms with van der Waals surface area (Å²) in [7, 11) is -0.839. The zero-order valence-electron chi connectivity index (χ0n) is 11.6. The topological polar surface area (TPSA) is 40.6 Å². The summed E-state index contributed by atoms with van der Waals surface area (Å²) in [6.45, 7) is 4.50. The summed E-state index contributed by atoms with van der Waals surface area (Å²) in [4.78, 5) is 3.73. The normalized spacial score (nSPS) is 20.5. The van der Waals surface area contributed by atoms with E-state index >= 15 is 0 Å². The number of rotatable bonds is 3. The predicted octanol–water partition coefficient (Wildman–Crippen LogP) is 2.64. The molecule has 1 aromatic rings. The Morgan fingerprint density at radius 3 is 2.30 bits per heavy atom. The summed E-state index contributed by atoms with van der Waals surface area (Å²) in [5.74, 6) is -0.108. The molecule has 8 heteroatoms. The van der Waals surface area contributed by atoms with E-state index in [4.69, 9.17) is 20.9 Å². The average Bonchev–Trinajstić information content (AvgIpc) is 2.50. The largest absolute Gasteiger partial charge is 0.498 e. The third-order valence-corrected chi connectivity index (χ3v) is 3.79. The second-order valence-electron chi connectivity index (χ2n) is 5.51. The number of hydrogen-bond donors (Lipinski definition) is 0. The highest BCUT2D eigenvalue weighted by Gasteiger charge is 2.52. The van der Waals surface area contributed by atoms with E-state index in [-0.39, 0.29) is 10.9 Å². The Hall–Kier alpha value is -0.915. The molecule has 0 bridgehead atoms. The summed E-state index contributed by atoms with van der Waals surface area (Å²) in [6, 6.07) is 1.40. The number of aromatic nitrogens is 1. The van der Waals surface area contributed by atoms with E-state index in [0.29, 0.717) is 5.46 Å². The van der Waals surface area contributed by atoms with Crippen molar-refractivity contribution in [3.8, 4) is 5.75 Å². The Kier molecular flexibility index (Phi) is 3.97. The fraction of sp³-hybridized carbons (Fsp3) is 0.583. The molecule has 0 radical (unpaired) electrons. The van der Waals surface area contributed by atoms with Gasteiger partial charge < -0.3 is 14.0 Å². The van der Waals surface area contributed by atoms with Crippen molar-refractivity contribution in [2.75, 3.05) is 0 Å². The van der Waals surface area contributed by atoms with Crippen LogP contribution in [0.4, 0.5) is 8.78 Å². The zero-order valence-corrected chi connectivity index (χ0v) is 12.4. The lowest BCUT2D eigenvalue weighted by Crippen LogP contribution is -2.41. The molecule has 0 aromatic carbocycles. The van der Waals surface area contributed by atoms with Crippen molar-refractivity contribution >= 4 is 24.2 Å². The maximum absolute atomic E-state index is 12.4. The Morgan fingerprint density at radius 1 is 1.25 bits per heavy atom. The van der Waals surface area contributed by atoms with Crippen LogP contribution in [0.25, 0.3) is 0 Å². The molecular weight excluding hydrogens is 290 g/mol. The third kappa shape index (κ3) is 2.89. The van der Waals surface area contributed by atoms with Gasteiger partial charge in [-0.2, -0.15) is 8.78 Å². The predicted molar refractivity (Wildman–Crippen MR) is 71.6 cm³/mol. The van der Waals surface area contributed by atoms with Crippen molar-refractivity contribution < 1.29 is 22.8 Å². The lowest BCUT2D eigenvalue weighted by molar-refractivity contribution is -0.0494. The summed E-state index contributed by atoms with van der Waals surface area (Å²) in [6.07, 6.45) is 1.13. The van der Waals surface area contributed by atoms with Gasteiger partial charge in [0.2, 0.25) is 0 Å². The van der Waals surface area contributed by atoms with Gasteiger partial charge in [0.05, 0.1) is 17.4 Å². The first-order valence-electron chi connectivity index (χ1n) is 6.08. The van der Waals surface area contributed by atoms with Crippen molar-refractivity contribution in [1.82, 2.24) is 4.98 Å². The molecule has 0 N–H and O–H groups in total. The quantitative estimate of drug-likeness (QED) is 0.636. The second-order valence-corrected chi connectivity index (χ2v) is 5.90. The van der Waals surface area contributed by atoms with Crippen LogP contribution in [0.1, 0.15) is 27.7 Å². The van der Waals surface area contributed by atoms with Crippen LogP contribution in [-0.4, -0.2) is 29.9 Å². The number of halogens is 3. The van der Waals surface area contributed by atoms with Crippen LogP contribution >= 0.6 is 11.6 Å². The van der Waals surface area contributed by atoms with Gasteiger partial charge >= 0.3 is 13.7 Å². The van der Waals surface area contributed by atoms with Gasteiger partial charge in [-0.3, -0.25) is 0 Å². The van der Waals surface area contributed by atoms with Gasteiger partial charge in [-0.25, -0.2) is 4.98 Å². The molecule has 1 aliphatic rings. The molecule has 0 unspecified atom stereocenters. The van der Waals surface area contributed by atoms with Crippen LogP contribution in [0.15, 0.2) is 12.3 Å². The molecule has 1 aromatic heterocycles. The number of alkyl halides is 2. The molecule has 1 saturated heterocycles. The monoisotopic (exact) mass is 305 g/mol. The number of ether oxygens (including phenoxy) is 1. The molecular formula is C12H15BClF2NO3. The summed E-state index contributed by atoms with van der Waals surface area (Å²) < 4.78 is 40.9. The molecule has 0 amide bonds. The van der Waals surface area contributed by atoms with Crippen molar-refractivity contribution in [2.24, 2.45) is 0 Å². The Balaban J connectivity index is 2.36. The zero-order chi connectivity index (χ0) is 15.1. The van der Waals surface area contributed by atoms with Crippen LogP contribution in [0.5, 0.6) is 5.75 Å². The second kappa shape index (κ2) is 5.13. The van der Waals surface area contributed by atoms with Crippen molar-refractivity contribution in [1.29, 1.82) is 0 Å². The van der Waals surface area contributed by atoms with Crippen LogP contribution in [-0.2, 0) is 9.31 Å². The van der Waals surface area contributed by atoms with E-state index in [2.05, 4.69) is 9.72 Å². The van der Waals surface area contributed by atoms with Gasteiger partial charge in [-0.1, -0.05) is 11.6 Å². The number of hydrogen-bond acceptors (Lipinski definition) is 4. The molecule has 4 nitrogen and oxygen atoms in total. The van der Waals surface area contributed by atoms with Gasteiger partial charge in [0.25, 0.3) is 0 Å². The molecule has 2 heterocycles. The number of nitrogens with zero attached hydrogens (tertiary/aromatic N) is 1. The maximum Gasteiger partial charge on any atom is 0.498 e. The molecule has 2 rings (SSSR count). The van der Waals surface area contributed by atoms with Gasteiger partial charge in [0.15, 0.2) is 0 Å². The van der Waals surface area contributed by atoms with E-state index in [1.807, 2.05) is 27.7 Å². The highest BCUT2D eigenvalue weighted by Crippen LogP contribution is 2.37. The van der Waals surface area contributed by atoms with E-state index in [1.54, 1.807) is 0 Å². The van der Waals surface area contributed by atoms with Crippen LogP contribution in [0.2, 0.25) is 5.15 Å². The van der Waals surface area contributed by atoms with E-state index in [0.717, 1.165) is 6.20 Å². The minimum atomic E-state index is -2.96. The van der Waals surface area contributed by atoms with Crippen molar-refractivity contribution in [3.05, 3.63) is 17.4 Å². The molecule has 0 spiro atoms. The Labute approximate surface area is 121 Å². The minimum Gasteiger partial charge on any atom is -0.434 e. The molecule has 1 aliphatic heterocycles. The third-order valence-electron chi connectivity index (χ3n) is 3.59. The molecule has 0 aliphatic carbocycles. The van der Waals surface area contributed by atoms with E-state index in [1.165, 1.54) is 6.07 Å². The SMILES string of the molecule is CC1(C)OB(c2cc(Cl)ncc2OC(F)F)OC1(C)C. The molecule has 0 saturated carbocycles. The van der Waals surface area contributed by atoms with Gasteiger partial charge in [0.1, 0.15) is 10.9 Å². The Morgan fingerprint density at radius 2 is 1.80 bits per heavy atom. The van der Waals surface area contributed by atoms with Gasteiger partial charge in [-0.05, 0) is 33.8 Å². The van der Waals surface area contributed by atoms with Gasteiger partial charge in [0, 0.05) is 5.46 Å². The maximum atomic E-state index is 12.4. The molecule has 110 valence electrons. The highest BCUT2D eigenvalue weighted by molar-refractivity contribution is 6.63. The first kappa shape index (κ1) is 15.5. The first-order valence-corrected chi connectivity index (χ1v) is 6.46. The fourth-order valence-corrected chi connectivity index (χ4v) is 1.95. The lowest BCUT2D eigenvalue weighted by atomic mass is 9.79. The van der Waals surface area contributed by atoms with E-state index < -0.39 is 24.9 Å². The van der Waals surface area contributed by atoms with Crippen molar-refractivity contribution in [2.45, 2.75) is 45.5 Å². The lowest BCUT2D eigenvalue weighted by Gasteiger charge is -2.32. The summed E-state index contributed by atoms with van der Waals surface area (Å²) in [5.41, 5.74) is -0.880. The molecule has 0 atom stereocenters. The van der Waals surface area contributed by atoms with E-state index in [9.17, 15) is 8.78 Å². The van der Waals surface area contributed by atoms with Crippen LogP contribution < -0.4 is 10.2 Å². The molecule has 20 heavy (non-hydrogen) atoms. The van der Waals surface area contributed by atoms with Crippen LogP contribution in [0, 0.1) is 0 Å². The minimum absolute atomic E-state index is 0.108. The Bertz CT molecular complexity index is 497. The summed E-state index contributed by atoms with van der Waals surface area (Å²) in [5, 5.41) is 0.149. The first-order chi connectivity index (χ1) is 9.12. The smallest absolute Gasteiger partial charge is 0.434 e.